The average Bonchev–Trinajstić information content (AvgIpc) is 2.20. The predicted molar refractivity (Wildman–Crippen MR) is 54.7 cm³/mol. The van der Waals surface area contributed by atoms with Crippen LogP contribution in [0.15, 0.2) is 11.8 Å². The lowest BCUT2D eigenvalue weighted by Gasteiger charge is -2.25. The highest BCUT2D eigenvalue weighted by Gasteiger charge is 2.16. The van der Waals surface area contributed by atoms with Crippen LogP contribution in [0.5, 0.6) is 0 Å². The number of nitrogens with zero attached hydrogens (tertiary/aromatic N) is 1. The van der Waals surface area contributed by atoms with Crippen LogP contribution < -0.4 is 0 Å². The van der Waals surface area contributed by atoms with Crippen molar-refractivity contribution in [1.29, 1.82) is 0 Å². The fourth-order valence-corrected chi connectivity index (χ4v) is 1.82. The Bertz CT molecular complexity index is 213. The summed E-state index contributed by atoms with van der Waals surface area (Å²) in [5.41, 5.74) is 1.17. The standard InChI is InChI=1S/C10H16ClNO/c1-2-12(10(13)8-11)9-6-4-3-5-7-9/h6H,2-5,7-8H2,1H3. The van der Waals surface area contributed by atoms with Crippen molar-refractivity contribution < 1.29 is 4.79 Å². The Morgan fingerprint density at radius 3 is 2.85 bits per heavy atom. The Morgan fingerprint density at radius 2 is 2.38 bits per heavy atom. The quantitative estimate of drug-likeness (QED) is 0.643. The zero-order valence-corrected chi connectivity index (χ0v) is 8.81. The number of halogens is 1. The minimum absolute atomic E-state index is 0.0253. The molecule has 0 N–H and O–H groups in total. The van der Waals surface area contributed by atoms with Gasteiger partial charge in [0.15, 0.2) is 0 Å². The van der Waals surface area contributed by atoms with Gasteiger partial charge in [-0.15, -0.1) is 11.6 Å². The van der Waals surface area contributed by atoms with E-state index in [4.69, 9.17) is 11.6 Å². The van der Waals surface area contributed by atoms with Crippen LogP contribution in [0, 0.1) is 0 Å². The number of hydrogen-bond donors (Lipinski definition) is 0. The lowest BCUT2D eigenvalue weighted by Crippen LogP contribution is -2.31. The van der Waals surface area contributed by atoms with E-state index in [0.29, 0.717) is 0 Å². The third-order valence-electron chi connectivity index (χ3n) is 2.35. The van der Waals surface area contributed by atoms with E-state index in [1.54, 1.807) is 4.90 Å². The van der Waals surface area contributed by atoms with Gasteiger partial charge < -0.3 is 4.90 Å². The summed E-state index contributed by atoms with van der Waals surface area (Å²) in [5.74, 6) is 0.114. The summed E-state index contributed by atoms with van der Waals surface area (Å²) in [4.78, 5) is 13.2. The molecule has 0 aromatic carbocycles. The molecule has 2 nitrogen and oxygen atoms in total. The van der Waals surface area contributed by atoms with Crippen LogP contribution in [0.4, 0.5) is 0 Å². The van der Waals surface area contributed by atoms with E-state index < -0.39 is 0 Å². The van der Waals surface area contributed by atoms with E-state index in [2.05, 4.69) is 6.08 Å². The second kappa shape index (κ2) is 5.28. The summed E-state index contributed by atoms with van der Waals surface area (Å²) >= 11 is 5.53. The van der Waals surface area contributed by atoms with Gasteiger partial charge in [0.2, 0.25) is 5.91 Å². The molecule has 13 heavy (non-hydrogen) atoms. The van der Waals surface area contributed by atoms with Crippen molar-refractivity contribution >= 4 is 17.5 Å². The summed E-state index contributed by atoms with van der Waals surface area (Å²) in [6.45, 7) is 2.72. The van der Waals surface area contributed by atoms with Crippen LogP contribution >= 0.6 is 11.6 Å². The highest BCUT2D eigenvalue weighted by atomic mass is 35.5. The second-order valence-corrected chi connectivity index (χ2v) is 3.48. The normalized spacial score (nSPS) is 16.6. The first-order valence-corrected chi connectivity index (χ1v) is 5.38. The van der Waals surface area contributed by atoms with E-state index in [-0.39, 0.29) is 11.8 Å². The van der Waals surface area contributed by atoms with Gasteiger partial charge in [-0.05, 0) is 32.6 Å². The summed E-state index contributed by atoms with van der Waals surface area (Å²) in [5, 5.41) is 0. The smallest absolute Gasteiger partial charge is 0.241 e. The van der Waals surface area contributed by atoms with Crippen molar-refractivity contribution in [2.45, 2.75) is 32.6 Å². The SMILES string of the molecule is CCN(C(=O)CCl)C1=CCCCC1. The molecular weight excluding hydrogens is 186 g/mol. The Hall–Kier alpha value is -0.500. The van der Waals surface area contributed by atoms with Gasteiger partial charge in [0, 0.05) is 12.2 Å². The van der Waals surface area contributed by atoms with Gasteiger partial charge in [0.05, 0.1) is 0 Å². The first-order valence-electron chi connectivity index (χ1n) is 4.85. The zero-order valence-electron chi connectivity index (χ0n) is 8.05. The molecule has 0 spiro atoms. The summed E-state index contributed by atoms with van der Waals surface area (Å²) < 4.78 is 0. The van der Waals surface area contributed by atoms with E-state index in [1.165, 1.54) is 18.5 Å². The van der Waals surface area contributed by atoms with Crippen LogP contribution in [0.25, 0.3) is 0 Å². The molecule has 0 aliphatic heterocycles. The molecule has 1 aliphatic rings. The van der Waals surface area contributed by atoms with Crippen molar-refractivity contribution in [1.82, 2.24) is 4.90 Å². The van der Waals surface area contributed by atoms with E-state index in [1.807, 2.05) is 6.92 Å². The van der Waals surface area contributed by atoms with Gasteiger partial charge in [0.1, 0.15) is 5.88 Å². The highest BCUT2D eigenvalue weighted by Crippen LogP contribution is 2.20. The van der Waals surface area contributed by atoms with Gasteiger partial charge in [-0.1, -0.05) is 6.08 Å². The largest absolute Gasteiger partial charge is 0.316 e. The third-order valence-corrected chi connectivity index (χ3v) is 2.57. The maximum atomic E-state index is 11.4. The summed E-state index contributed by atoms with van der Waals surface area (Å²) in [7, 11) is 0. The fraction of sp³-hybridized carbons (Fsp3) is 0.700. The molecular formula is C10H16ClNO. The molecule has 3 heteroatoms. The summed E-state index contributed by atoms with van der Waals surface area (Å²) in [6.07, 6.45) is 6.73. The topological polar surface area (TPSA) is 20.3 Å². The fourth-order valence-electron chi connectivity index (χ4n) is 1.68. The number of hydrogen-bond acceptors (Lipinski definition) is 1. The van der Waals surface area contributed by atoms with Crippen LogP contribution in [-0.4, -0.2) is 23.2 Å². The maximum absolute atomic E-state index is 11.4. The molecule has 0 heterocycles. The monoisotopic (exact) mass is 201 g/mol. The van der Waals surface area contributed by atoms with Crippen LogP contribution in [-0.2, 0) is 4.79 Å². The van der Waals surface area contributed by atoms with Crippen LogP contribution in [0.1, 0.15) is 32.6 Å². The van der Waals surface area contributed by atoms with Crippen molar-refractivity contribution in [2.24, 2.45) is 0 Å². The van der Waals surface area contributed by atoms with Gasteiger partial charge in [-0.25, -0.2) is 0 Å². The molecule has 1 amide bonds. The molecule has 74 valence electrons. The van der Waals surface area contributed by atoms with E-state index in [9.17, 15) is 4.79 Å². The Kier molecular flexibility index (Phi) is 4.29. The van der Waals surface area contributed by atoms with Crippen molar-refractivity contribution in [3.63, 3.8) is 0 Å². The van der Waals surface area contributed by atoms with E-state index in [0.717, 1.165) is 19.4 Å². The number of allylic oxidation sites excluding steroid dienone is 2. The van der Waals surface area contributed by atoms with Gasteiger partial charge >= 0.3 is 0 Å². The highest BCUT2D eigenvalue weighted by molar-refractivity contribution is 6.27. The number of alkyl halides is 1. The van der Waals surface area contributed by atoms with Crippen LogP contribution in [0.2, 0.25) is 0 Å². The number of amides is 1. The third kappa shape index (κ3) is 2.73. The molecule has 0 unspecified atom stereocenters. The summed E-state index contributed by atoms with van der Waals surface area (Å²) in [6, 6.07) is 0. The lowest BCUT2D eigenvalue weighted by atomic mass is 10.0. The van der Waals surface area contributed by atoms with Crippen LogP contribution in [0.3, 0.4) is 0 Å². The Balaban J connectivity index is 2.64. The lowest BCUT2D eigenvalue weighted by molar-refractivity contribution is -0.126. The van der Waals surface area contributed by atoms with E-state index >= 15 is 0 Å². The molecule has 1 rings (SSSR count). The minimum Gasteiger partial charge on any atom is -0.316 e. The molecule has 0 saturated carbocycles. The Labute approximate surface area is 84.6 Å². The Morgan fingerprint density at radius 1 is 1.62 bits per heavy atom. The van der Waals surface area contributed by atoms with Crippen molar-refractivity contribution in [3.05, 3.63) is 11.8 Å². The zero-order chi connectivity index (χ0) is 9.68. The second-order valence-electron chi connectivity index (χ2n) is 3.21. The molecule has 0 fully saturated rings. The first kappa shape index (κ1) is 10.6. The molecule has 0 aromatic heterocycles. The molecule has 0 radical (unpaired) electrons. The number of carbonyl (C=O) groups excluding carboxylic acids is 1. The number of rotatable bonds is 3. The maximum Gasteiger partial charge on any atom is 0.241 e. The molecule has 0 aromatic rings. The van der Waals surface area contributed by atoms with Gasteiger partial charge in [0.25, 0.3) is 0 Å². The molecule has 0 saturated heterocycles. The molecule has 0 bridgehead atoms. The van der Waals surface area contributed by atoms with Crippen molar-refractivity contribution in [3.8, 4) is 0 Å². The molecule has 1 aliphatic carbocycles. The predicted octanol–water partition coefficient (Wildman–Crippen LogP) is 2.53. The van der Waals surface area contributed by atoms with Crippen molar-refractivity contribution in [2.75, 3.05) is 12.4 Å². The number of carbonyl (C=O) groups is 1. The molecule has 0 atom stereocenters. The minimum atomic E-state index is 0.0253. The average molecular weight is 202 g/mol. The first-order chi connectivity index (χ1) is 6.29. The van der Waals surface area contributed by atoms with Gasteiger partial charge in [-0.2, -0.15) is 0 Å². The van der Waals surface area contributed by atoms with Gasteiger partial charge in [-0.3, -0.25) is 4.79 Å².